The van der Waals surface area contributed by atoms with E-state index in [1.165, 1.54) is 12.1 Å². The largest absolute Gasteiger partial charge is 2.00 e. The number of anilines is 2. The molecule has 250 valence electrons. The fourth-order valence-electron chi connectivity index (χ4n) is 5.06. The van der Waals surface area contributed by atoms with E-state index < -0.39 is 40.2 Å². The number of nitrogens with zero attached hydrogens (tertiary/aromatic N) is 8. The third-order valence-corrected chi connectivity index (χ3v) is 8.91. The van der Waals surface area contributed by atoms with Gasteiger partial charge in [-0.3, -0.25) is 9.97 Å². The number of pyridine rings is 2. The fraction of sp³-hybridized carbons (Fsp3) is 0.484. The Bertz CT molecular complexity index is 1650. The molecule has 0 saturated heterocycles. The number of alkyl halides is 6. The van der Waals surface area contributed by atoms with Crippen LogP contribution in [-0.4, -0.2) is 57.3 Å². The van der Waals surface area contributed by atoms with E-state index in [1.807, 2.05) is 0 Å². The van der Waals surface area contributed by atoms with Crippen molar-refractivity contribution in [3.63, 3.8) is 0 Å². The van der Waals surface area contributed by atoms with E-state index in [-0.39, 0.29) is 43.4 Å². The molecule has 46 heavy (non-hydrogen) atoms. The van der Waals surface area contributed by atoms with Crippen LogP contribution in [0.4, 0.5) is 37.7 Å². The summed E-state index contributed by atoms with van der Waals surface area (Å²) in [4.78, 5) is 20.8. The normalized spacial score (nSPS) is 16.6. The Morgan fingerprint density at radius 3 is 1.20 bits per heavy atom. The summed E-state index contributed by atoms with van der Waals surface area (Å²) >= 11 is 0. The van der Waals surface area contributed by atoms with Crippen LogP contribution in [0.15, 0.2) is 24.3 Å². The van der Waals surface area contributed by atoms with Crippen molar-refractivity contribution in [2.45, 2.75) is 70.1 Å². The van der Waals surface area contributed by atoms with Crippen molar-refractivity contribution in [1.29, 1.82) is 0 Å². The Morgan fingerprint density at radius 1 is 0.587 bits per heavy atom. The van der Waals surface area contributed by atoms with Gasteiger partial charge in [0, 0.05) is 78.8 Å². The third-order valence-electron chi connectivity index (χ3n) is 8.91. The maximum atomic E-state index is 14.6. The van der Waals surface area contributed by atoms with E-state index in [0.717, 1.165) is 9.13 Å². The molecule has 15 heteroatoms. The number of imidazole rings is 2. The monoisotopic (exact) mass is 738 g/mol. The van der Waals surface area contributed by atoms with Crippen molar-refractivity contribution in [2.24, 2.45) is 0 Å². The minimum Gasteiger partial charge on any atom is -0.443 e. The molecule has 0 radical (unpaired) electrons. The average Bonchev–Trinajstić information content (AvgIpc) is 3.58. The van der Waals surface area contributed by atoms with Crippen molar-refractivity contribution < 1.29 is 46.8 Å². The van der Waals surface area contributed by atoms with Crippen LogP contribution in [0.3, 0.4) is 0 Å². The molecule has 1 aliphatic rings. The SMILES string of the molecule is CN(C)c1cc2nc(c1)C(C)(C)c1cc(N(C)C)cc(n1)-n1[c-]c(nc1C(F)(F)F)C(C)(C)C(C)(C)c1[c-]n-2c(C(F)(F)F)n1.[Pd+2]. The number of fused-ring (bicyclic) bond motifs is 10. The Morgan fingerprint density at radius 2 is 0.913 bits per heavy atom. The quantitative estimate of drug-likeness (QED) is 0.133. The average molecular weight is 739 g/mol. The minimum absolute atomic E-state index is 0. The van der Waals surface area contributed by atoms with Gasteiger partial charge in [-0.2, -0.15) is 26.3 Å². The zero-order valence-corrected chi connectivity index (χ0v) is 28.5. The molecule has 0 amide bonds. The predicted octanol–water partition coefficient (Wildman–Crippen LogP) is 6.51. The van der Waals surface area contributed by atoms with Crippen molar-refractivity contribution in [3.05, 3.63) is 71.1 Å². The third kappa shape index (κ3) is 5.70. The van der Waals surface area contributed by atoms with Crippen LogP contribution in [0.2, 0.25) is 0 Å². The summed E-state index contributed by atoms with van der Waals surface area (Å²) in [6, 6.07) is 6.44. The first kappa shape index (κ1) is 35.4. The second-order valence-corrected chi connectivity index (χ2v) is 13.3. The van der Waals surface area contributed by atoms with Crippen LogP contribution in [0.25, 0.3) is 11.6 Å². The Labute approximate surface area is 277 Å². The van der Waals surface area contributed by atoms with Gasteiger partial charge in [0.15, 0.2) is 0 Å². The smallest absolute Gasteiger partial charge is 0.443 e. The number of halogens is 6. The molecule has 4 aromatic heterocycles. The molecule has 0 fully saturated rings. The maximum absolute atomic E-state index is 14.6. The van der Waals surface area contributed by atoms with E-state index in [9.17, 15) is 26.3 Å². The molecule has 5 heterocycles. The molecule has 0 saturated carbocycles. The van der Waals surface area contributed by atoms with Gasteiger partial charge in [-0.15, -0.1) is 0 Å². The topological polar surface area (TPSA) is 67.9 Å². The van der Waals surface area contributed by atoms with Crippen LogP contribution in [-0.2, 0) is 49.0 Å². The summed E-state index contributed by atoms with van der Waals surface area (Å²) in [5.41, 5.74) is -2.28. The van der Waals surface area contributed by atoms with Gasteiger partial charge in [-0.1, -0.05) is 52.2 Å². The number of rotatable bonds is 2. The molecule has 1 aliphatic heterocycles. The van der Waals surface area contributed by atoms with E-state index in [4.69, 9.17) is 0 Å². The molecular formula is C31H34F6N8Pd. The Hall–Kier alpha value is -3.44. The zero-order chi connectivity index (χ0) is 33.7. The van der Waals surface area contributed by atoms with E-state index >= 15 is 0 Å². The fourth-order valence-corrected chi connectivity index (χ4v) is 5.06. The van der Waals surface area contributed by atoms with Gasteiger partial charge in [-0.05, 0) is 37.4 Å². The second kappa shape index (κ2) is 11.1. The molecule has 0 aromatic carbocycles. The second-order valence-electron chi connectivity index (χ2n) is 13.3. The minimum atomic E-state index is -4.90. The van der Waals surface area contributed by atoms with Crippen LogP contribution >= 0.6 is 0 Å². The van der Waals surface area contributed by atoms with Gasteiger partial charge in [0.2, 0.25) is 0 Å². The van der Waals surface area contributed by atoms with Crippen LogP contribution < -0.4 is 9.80 Å². The molecule has 5 rings (SSSR count). The van der Waals surface area contributed by atoms with E-state index in [2.05, 4.69) is 32.3 Å². The summed E-state index contributed by atoms with van der Waals surface area (Å²) in [5.74, 6) is -2.67. The van der Waals surface area contributed by atoms with Crippen LogP contribution in [0.1, 0.15) is 76.0 Å². The molecule has 8 nitrogen and oxygen atoms in total. The van der Waals surface area contributed by atoms with Crippen molar-refractivity contribution in [3.8, 4) is 11.6 Å². The molecular weight excluding hydrogens is 705 g/mol. The van der Waals surface area contributed by atoms with Gasteiger partial charge >= 0.3 is 32.8 Å². The standard InChI is InChI=1S/C31H34F6N8.Pd/c1-27(2)19-11-17(42(7)8)13-23(38-19)44-15-21(40-25(44)30(32,33)34)28(3,4)29(5,6)22-16-45(26(41-22)31(35,36)37)24-14-18(43(9)10)12-20(27)39-24;/h11-14H,1-10H3;/q-2;+2. The van der Waals surface area contributed by atoms with Gasteiger partial charge in [0.25, 0.3) is 0 Å². The molecule has 0 spiro atoms. The zero-order valence-electron chi connectivity index (χ0n) is 27.0. The first-order valence-electron chi connectivity index (χ1n) is 14.1. The summed E-state index contributed by atoms with van der Waals surface area (Å²) in [5, 5.41) is 0. The van der Waals surface area contributed by atoms with Crippen molar-refractivity contribution in [1.82, 2.24) is 29.1 Å². The summed E-state index contributed by atoms with van der Waals surface area (Å²) in [6.07, 6.45) is -4.22. The number of hydrogen-bond donors (Lipinski definition) is 0. The van der Waals surface area contributed by atoms with Crippen molar-refractivity contribution in [2.75, 3.05) is 38.0 Å². The molecule has 0 atom stereocenters. The van der Waals surface area contributed by atoms with Gasteiger partial charge in [0.1, 0.15) is 11.6 Å². The molecule has 0 unspecified atom stereocenters. The molecule has 8 bridgehead atoms. The molecule has 0 N–H and O–H groups in total. The maximum Gasteiger partial charge on any atom is 2.00 e. The summed E-state index contributed by atoms with van der Waals surface area (Å²) < 4.78 is 89.0. The van der Waals surface area contributed by atoms with Crippen LogP contribution in [0.5, 0.6) is 0 Å². The van der Waals surface area contributed by atoms with Gasteiger partial charge in [0.05, 0.1) is 0 Å². The molecule has 0 aliphatic carbocycles. The number of aromatic nitrogens is 6. The summed E-state index contributed by atoms with van der Waals surface area (Å²) in [7, 11) is 6.97. The van der Waals surface area contributed by atoms with E-state index in [0.29, 0.717) is 22.8 Å². The van der Waals surface area contributed by atoms with Gasteiger partial charge < -0.3 is 28.9 Å². The number of hydrogen-bond acceptors (Lipinski definition) is 6. The molecule has 4 aromatic rings. The van der Waals surface area contributed by atoms with Gasteiger partial charge in [-0.25, -0.2) is 0 Å². The summed E-state index contributed by atoms with van der Waals surface area (Å²) in [6.45, 7) is 9.89. The van der Waals surface area contributed by atoms with Crippen LogP contribution in [0, 0.1) is 12.4 Å². The predicted molar refractivity (Wildman–Crippen MR) is 157 cm³/mol. The van der Waals surface area contributed by atoms with E-state index in [1.54, 1.807) is 91.7 Å². The Balaban J connectivity index is 0.00000480. The first-order valence-corrected chi connectivity index (χ1v) is 14.1. The Kier molecular flexibility index (Phi) is 8.53. The first-order chi connectivity index (χ1) is 20.5. The van der Waals surface area contributed by atoms with Crippen molar-refractivity contribution >= 4 is 11.4 Å².